The molecule has 0 saturated carbocycles. The zero-order valence-electron chi connectivity index (χ0n) is 20.3. The molecule has 3 aliphatic rings. The molecule has 5 aromatic rings. The molecule has 36 heavy (non-hydrogen) atoms. The zero-order chi connectivity index (χ0) is 24.3. The van der Waals surface area contributed by atoms with E-state index in [2.05, 4.69) is 44.0 Å². The molecule has 3 aliphatic heterocycles. The zero-order valence-corrected chi connectivity index (χ0v) is 20.3. The fraction of sp³-hybridized carbons (Fsp3) is 0.321. The molecule has 8 heteroatoms. The number of carbonyl (C=O) groups excluding carboxylic acids is 1. The van der Waals surface area contributed by atoms with Gasteiger partial charge in [0.25, 0.3) is 11.8 Å². The normalized spacial score (nSPS) is 26.9. The Morgan fingerprint density at radius 1 is 1.03 bits per heavy atom. The minimum absolute atomic E-state index is 0.0240. The molecule has 0 radical (unpaired) electrons. The van der Waals surface area contributed by atoms with E-state index in [0.29, 0.717) is 13.0 Å². The van der Waals surface area contributed by atoms with Crippen molar-refractivity contribution >= 4 is 49.5 Å². The standard InChI is InChI=1S/C28H26N4O4/c1-29-17-12-20-31-18-10-6-4-8-14(18)22-23-16(13-30-27(23)33)21-15-9-5-7-11-19(15)32(25(21)24(22)31)28(35-3,36-20)26(17)34-2/h4-11,17,20,26,29H,12-13H2,1-3H3,(H,30,33)/t17-,20-,26-,28+/m0/s1. The van der Waals surface area contributed by atoms with E-state index in [-0.39, 0.29) is 18.2 Å². The number of fused-ring (bicyclic) bond motifs is 13. The number of amides is 1. The van der Waals surface area contributed by atoms with Gasteiger partial charge >= 0.3 is 0 Å². The maximum atomic E-state index is 13.4. The number of methoxy groups -OCH3 is 2. The lowest BCUT2D eigenvalue weighted by Gasteiger charge is -2.48. The van der Waals surface area contributed by atoms with Crippen molar-refractivity contribution in [3.05, 3.63) is 59.7 Å². The SMILES string of the molecule is CN[C@H]1C[C@@H]2O[C@](OC)([C@H]1OC)n1c3ccccc3c3c4c(c5c6ccccc6n2c5c31)C(=O)NC4. The number of hydrogen-bond acceptors (Lipinski definition) is 5. The maximum absolute atomic E-state index is 13.4. The Balaban J connectivity index is 1.73. The molecule has 5 heterocycles. The van der Waals surface area contributed by atoms with Crippen molar-refractivity contribution in [2.75, 3.05) is 21.3 Å². The van der Waals surface area contributed by atoms with Crippen LogP contribution in [0.5, 0.6) is 0 Å². The second-order valence-corrected chi connectivity index (χ2v) is 9.92. The van der Waals surface area contributed by atoms with E-state index < -0.39 is 12.0 Å². The van der Waals surface area contributed by atoms with Crippen molar-refractivity contribution in [3.8, 4) is 0 Å². The van der Waals surface area contributed by atoms with E-state index in [1.807, 2.05) is 31.3 Å². The number of benzene rings is 3. The largest absolute Gasteiger partial charge is 0.372 e. The number of rotatable bonds is 3. The van der Waals surface area contributed by atoms with Gasteiger partial charge in [0.15, 0.2) is 0 Å². The molecule has 8 nitrogen and oxygen atoms in total. The van der Waals surface area contributed by atoms with Gasteiger partial charge in [-0.15, -0.1) is 0 Å². The molecule has 1 fully saturated rings. The summed E-state index contributed by atoms with van der Waals surface area (Å²) in [6.45, 7) is 0.491. The van der Waals surface area contributed by atoms with Crippen LogP contribution in [0.3, 0.4) is 0 Å². The predicted molar refractivity (Wildman–Crippen MR) is 137 cm³/mol. The lowest BCUT2D eigenvalue weighted by atomic mass is 9.97. The number of nitrogens with one attached hydrogen (secondary N) is 2. The monoisotopic (exact) mass is 482 g/mol. The van der Waals surface area contributed by atoms with Gasteiger partial charge in [-0.3, -0.25) is 9.36 Å². The van der Waals surface area contributed by atoms with Crippen molar-refractivity contribution in [1.82, 2.24) is 19.8 Å². The molecular formula is C28H26N4O4. The van der Waals surface area contributed by atoms with Gasteiger partial charge in [-0.25, -0.2) is 0 Å². The molecule has 3 aromatic carbocycles. The summed E-state index contributed by atoms with van der Waals surface area (Å²) in [4.78, 5) is 13.4. The number of nitrogens with zero attached hydrogens (tertiary/aromatic N) is 2. The Hall–Kier alpha value is -3.43. The molecule has 4 atom stereocenters. The highest BCUT2D eigenvalue weighted by molar-refractivity contribution is 6.30. The highest BCUT2D eigenvalue weighted by atomic mass is 16.7. The quantitative estimate of drug-likeness (QED) is 0.407. The van der Waals surface area contributed by atoms with Crippen molar-refractivity contribution < 1.29 is 19.0 Å². The van der Waals surface area contributed by atoms with Crippen LogP contribution >= 0.6 is 0 Å². The number of ether oxygens (including phenoxy) is 3. The smallest absolute Gasteiger partial charge is 0.287 e. The van der Waals surface area contributed by atoms with E-state index in [0.717, 1.165) is 54.7 Å². The molecule has 0 aliphatic carbocycles. The number of para-hydroxylation sites is 2. The summed E-state index contributed by atoms with van der Waals surface area (Å²) in [5, 5.41) is 10.7. The second kappa shape index (κ2) is 6.86. The van der Waals surface area contributed by atoms with Gasteiger partial charge in [-0.1, -0.05) is 36.4 Å². The lowest BCUT2D eigenvalue weighted by Crippen LogP contribution is -2.62. The number of likely N-dealkylation sites (N-methyl/N-ethyl adjacent to an activating group) is 1. The third-order valence-electron chi connectivity index (χ3n) is 8.52. The average Bonchev–Trinajstić information content (AvgIpc) is 3.55. The molecule has 1 saturated heterocycles. The van der Waals surface area contributed by atoms with Crippen LogP contribution in [0.4, 0.5) is 0 Å². The molecule has 2 bridgehead atoms. The Bertz CT molecular complexity index is 1770. The predicted octanol–water partition coefficient (Wildman–Crippen LogP) is 3.94. The van der Waals surface area contributed by atoms with Crippen molar-refractivity contribution in [2.24, 2.45) is 0 Å². The Morgan fingerprint density at radius 2 is 1.75 bits per heavy atom. The number of carbonyl (C=O) groups is 1. The van der Waals surface area contributed by atoms with Crippen LogP contribution < -0.4 is 10.6 Å². The molecule has 2 N–H and O–H groups in total. The number of aromatic nitrogens is 2. The first-order chi connectivity index (χ1) is 17.6. The Morgan fingerprint density at radius 3 is 2.47 bits per heavy atom. The van der Waals surface area contributed by atoms with Gasteiger partial charge in [0, 0.05) is 54.8 Å². The van der Waals surface area contributed by atoms with Gasteiger partial charge in [0.2, 0.25) is 0 Å². The molecular weight excluding hydrogens is 456 g/mol. The third-order valence-corrected chi connectivity index (χ3v) is 8.52. The molecule has 1 amide bonds. The summed E-state index contributed by atoms with van der Waals surface area (Å²) in [5.41, 5.74) is 5.85. The summed E-state index contributed by atoms with van der Waals surface area (Å²) in [5.74, 6) is -1.24. The molecule has 2 aromatic heterocycles. The summed E-state index contributed by atoms with van der Waals surface area (Å²) in [7, 11) is 5.36. The van der Waals surface area contributed by atoms with Crippen LogP contribution in [0.15, 0.2) is 48.5 Å². The van der Waals surface area contributed by atoms with E-state index in [9.17, 15) is 4.79 Å². The van der Waals surface area contributed by atoms with Gasteiger partial charge in [0.1, 0.15) is 12.3 Å². The highest BCUT2D eigenvalue weighted by Crippen LogP contribution is 2.53. The minimum atomic E-state index is -1.22. The highest BCUT2D eigenvalue weighted by Gasteiger charge is 2.56. The average molecular weight is 483 g/mol. The minimum Gasteiger partial charge on any atom is -0.372 e. The summed E-state index contributed by atoms with van der Waals surface area (Å²) in [6.07, 6.45) is -0.0659. The van der Waals surface area contributed by atoms with E-state index >= 15 is 0 Å². The third kappa shape index (κ3) is 2.15. The Kier molecular flexibility index (Phi) is 3.95. The number of hydrogen-bond donors (Lipinski definition) is 2. The molecule has 8 rings (SSSR count). The van der Waals surface area contributed by atoms with E-state index in [1.165, 1.54) is 0 Å². The maximum Gasteiger partial charge on any atom is 0.287 e. The first-order valence-corrected chi connectivity index (χ1v) is 12.4. The van der Waals surface area contributed by atoms with Gasteiger partial charge in [-0.05, 0) is 24.7 Å². The fourth-order valence-electron chi connectivity index (χ4n) is 7.18. The van der Waals surface area contributed by atoms with Crippen LogP contribution in [0.25, 0.3) is 43.6 Å². The summed E-state index contributed by atoms with van der Waals surface area (Å²) in [6, 6.07) is 16.6. The van der Waals surface area contributed by atoms with Crippen LogP contribution in [0.2, 0.25) is 0 Å². The molecule has 182 valence electrons. The first-order valence-electron chi connectivity index (χ1n) is 12.4. The van der Waals surface area contributed by atoms with E-state index in [4.69, 9.17) is 14.2 Å². The molecule has 0 spiro atoms. The van der Waals surface area contributed by atoms with Crippen LogP contribution in [-0.4, -0.2) is 48.5 Å². The van der Waals surface area contributed by atoms with Crippen LogP contribution in [-0.2, 0) is 26.7 Å². The van der Waals surface area contributed by atoms with Crippen LogP contribution in [0.1, 0.15) is 28.6 Å². The topological polar surface area (TPSA) is 78.7 Å². The van der Waals surface area contributed by atoms with Gasteiger partial charge in [-0.2, -0.15) is 0 Å². The van der Waals surface area contributed by atoms with E-state index in [1.54, 1.807) is 14.2 Å². The molecule has 0 unspecified atom stereocenters. The van der Waals surface area contributed by atoms with Gasteiger partial charge in [0.05, 0.1) is 27.6 Å². The van der Waals surface area contributed by atoms with Gasteiger partial charge < -0.3 is 29.4 Å². The Labute approximate surface area is 206 Å². The fourth-order valence-corrected chi connectivity index (χ4v) is 7.18. The van der Waals surface area contributed by atoms with Crippen molar-refractivity contribution in [3.63, 3.8) is 0 Å². The van der Waals surface area contributed by atoms with Crippen molar-refractivity contribution in [1.29, 1.82) is 0 Å². The summed E-state index contributed by atoms with van der Waals surface area (Å²) >= 11 is 0. The first kappa shape index (κ1) is 20.7. The van der Waals surface area contributed by atoms with Crippen molar-refractivity contribution in [2.45, 2.75) is 37.3 Å². The summed E-state index contributed by atoms with van der Waals surface area (Å²) < 4.78 is 24.0. The second-order valence-electron chi connectivity index (χ2n) is 9.92. The lowest BCUT2D eigenvalue weighted by molar-refractivity contribution is -0.378. The van der Waals surface area contributed by atoms with Crippen LogP contribution in [0, 0.1) is 0 Å².